The summed E-state index contributed by atoms with van der Waals surface area (Å²) in [7, 11) is 1.79. The predicted molar refractivity (Wildman–Crippen MR) is 87.7 cm³/mol. The van der Waals surface area contributed by atoms with Gasteiger partial charge in [-0.3, -0.25) is 4.90 Å². The lowest BCUT2D eigenvalue weighted by molar-refractivity contribution is 0.229. The fourth-order valence-electron chi connectivity index (χ4n) is 2.75. The molecule has 0 spiro atoms. The summed E-state index contributed by atoms with van der Waals surface area (Å²) in [4.78, 5) is 2.50. The first-order valence-corrected chi connectivity index (χ1v) is 8.12. The van der Waals surface area contributed by atoms with Crippen molar-refractivity contribution in [2.45, 2.75) is 33.2 Å². The van der Waals surface area contributed by atoms with Crippen LogP contribution in [0.15, 0.2) is 10.5 Å². The molecule has 0 amide bonds. The Morgan fingerprint density at radius 1 is 1.35 bits per heavy atom. The lowest BCUT2D eigenvalue weighted by Gasteiger charge is -2.29. The first-order chi connectivity index (χ1) is 9.54. The molecule has 1 fully saturated rings. The smallest absolute Gasteiger partial charge is 0.127 e. The average molecular weight is 341 g/mol. The van der Waals surface area contributed by atoms with Crippen LogP contribution in [0.1, 0.15) is 36.5 Å². The first-order valence-electron chi connectivity index (χ1n) is 7.33. The number of rotatable bonds is 4. The molecular formula is C16H25BrN2O. The molecule has 1 saturated heterocycles. The number of benzene rings is 1. The Kier molecular flexibility index (Phi) is 5.47. The summed E-state index contributed by atoms with van der Waals surface area (Å²) >= 11 is 3.71. The first kappa shape index (κ1) is 15.8. The largest absolute Gasteiger partial charge is 0.496 e. The highest BCUT2D eigenvalue weighted by Gasteiger charge is 2.20. The standard InChI is InChI=1S/C16H25BrN2O/c1-11(2)13-9-15(17)12(3)14(16(13)20-4)10-19-7-5-18-6-8-19/h9,11,18H,5-8,10H2,1-4H3. The van der Waals surface area contributed by atoms with E-state index in [-0.39, 0.29) is 0 Å². The van der Waals surface area contributed by atoms with Crippen molar-refractivity contribution in [3.8, 4) is 5.75 Å². The van der Waals surface area contributed by atoms with Crippen LogP contribution >= 0.6 is 15.9 Å². The van der Waals surface area contributed by atoms with Crippen molar-refractivity contribution in [3.05, 3.63) is 27.2 Å². The van der Waals surface area contributed by atoms with Crippen LogP contribution in [0, 0.1) is 6.92 Å². The maximum Gasteiger partial charge on any atom is 0.127 e. The van der Waals surface area contributed by atoms with Gasteiger partial charge in [0.25, 0.3) is 0 Å². The molecule has 0 unspecified atom stereocenters. The number of nitrogens with one attached hydrogen (secondary N) is 1. The number of hydrogen-bond donors (Lipinski definition) is 1. The van der Waals surface area contributed by atoms with Gasteiger partial charge in [0.15, 0.2) is 0 Å². The molecule has 0 bridgehead atoms. The van der Waals surface area contributed by atoms with Gasteiger partial charge in [0.05, 0.1) is 7.11 Å². The van der Waals surface area contributed by atoms with Gasteiger partial charge >= 0.3 is 0 Å². The SMILES string of the molecule is COc1c(C(C)C)cc(Br)c(C)c1CN1CCNCC1. The second-order valence-corrected chi connectivity index (χ2v) is 6.62. The number of piperazine rings is 1. The summed E-state index contributed by atoms with van der Waals surface area (Å²) in [6.07, 6.45) is 0. The number of methoxy groups -OCH3 is 1. The number of hydrogen-bond acceptors (Lipinski definition) is 3. The maximum atomic E-state index is 5.75. The Morgan fingerprint density at radius 2 is 2.00 bits per heavy atom. The van der Waals surface area contributed by atoms with Crippen LogP contribution in [0.25, 0.3) is 0 Å². The van der Waals surface area contributed by atoms with Crippen LogP contribution in [0.5, 0.6) is 5.75 Å². The van der Waals surface area contributed by atoms with E-state index in [9.17, 15) is 0 Å². The van der Waals surface area contributed by atoms with E-state index in [0.29, 0.717) is 5.92 Å². The van der Waals surface area contributed by atoms with E-state index >= 15 is 0 Å². The number of nitrogens with zero attached hydrogens (tertiary/aromatic N) is 1. The molecule has 1 heterocycles. The van der Waals surface area contributed by atoms with Crippen molar-refractivity contribution >= 4 is 15.9 Å². The van der Waals surface area contributed by atoms with Gasteiger partial charge in [-0.25, -0.2) is 0 Å². The Morgan fingerprint density at radius 3 is 2.55 bits per heavy atom. The third-order valence-electron chi connectivity index (χ3n) is 4.05. The van der Waals surface area contributed by atoms with Crippen molar-refractivity contribution in [2.75, 3.05) is 33.3 Å². The molecule has 1 N–H and O–H groups in total. The monoisotopic (exact) mass is 340 g/mol. The molecule has 0 atom stereocenters. The van der Waals surface area contributed by atoms with Crippen molar-refractivity contribution in [1.82, 2.24) is 10.2 Å². The van der Waals surface area contributed by atoms with Gasteiger partial charge in [-0.15, -0.1) is 0 Å². The molecule has 0 aromatic heterocycles. The fraction of sp³-hybridized carbons (Fsp3) is 0.625. The molecule has 0 saturated carbocycles. The van der Waals surface area contributed by atoms with Crippen LogP contribution in [0.4, 0.5) is 0 Å². The van der Waals surface area contributed by atoms with E-state index in [2.05, 4.69) is 53.0 Å². The summed E-state index contributed by atoms with van der Waals surface area (Å²) in [5.41, 5.74) is 3.91. The molecule has 2 rings (SSSR count). The normalized spacial score (nSPS) is 16.7. The van der Waals surface area contributed by atoms with Gasteiger partial charge in [0.1, 0.15) is 5.75 Å². The van der Waals surface area contributed by atoms with E-state index in [1.54, 1.807) is 7.11 Å². The minimum absolute atomic E-state index is 0.462. The predicted octanol–water partition coefficient (Wildman–Crippen LogP) is 3.29. The summed E-state index contributed by atoms with van der Waals surface area (Å²) in [6.45, 7) is 11.9. The Labute approximate surface area is 130 Å². The van der Waals surface area contributed by atoms with Crippen molar-refractivity contribution in [3.63, 3.8) is 0 Å². The summed E-state index contributed by atoms with van der Waals surface area (Å²) < 4.78 is 6.94. The second-order valence-electron chi connectivity index (χ2n) is 5.77. The summed E-state index contributed by atoms with van der Waals surface area (Å²) in [6, 6.07) is 2.21. The highest BCUT2D eigenvalue weighted by Crippen LogP contribution is 2.37. The molecular weight excluding hydrogens is 316 g/mol. The van der Waals surface area contributed by atoms with E-state index in [4.69, 9.17) is 4.74 Å². The van der Waals surface area contributed by atoms with Gasteiger partial charge in [0, 0.05) is 42.8 Å². The molecule has 0 aliphatic carbocycles. The van der Waals surface area contributed by atoms with E-state index in [0.717, 1.165) is 38.5 Å². The third kappa shape index (κ3) is 3.35. The second kappa shape index (κ2) is 6.92. The number of ether oxygens (including phenoxy) is 1. The molecule has 1 aromatic rings. The van der Waals surface area contributed by atoms with Crippen molar-refractivity contribution in [1.29, 1.82) is 0 Å². The molecule has 20 heavy (non-hydrogen) atoms. The molecule has 3 nitrogen and oxygen atoms in total. The van der Waals surface area contributed by atoms with Crippen molar-refractivity contribution in [2.24, 2.45) is 0 Å². The minimum Gasteiger partial charge on any atom is -0.496 e. The van der Waals surface area contributed by atoms with Crippen LogP contribution < -0.4 is 10.1 Å². The van der Waals surface area contributed by atoms with Crippen LogP contribution in [0.3, 0.4) is 0 Å². The average Bonchev–Trinajstić information content (AvgIpc) is 2.44. The van der Waals surface area contributed by atoms with Gasteiger partial charge in [0.2, 0.25) is 0 Å². The topological polar surface area (TPSA) is 24.5 Å². The van der Waals surface area contributed by atoms with E-state index in [1.807, 2.05) is 0 Å². The molecule has 1 aliphatic heterocycles. The highest BCUT2D eigenvalue weighted by atomic mass is 79.9. The molecule has 1 aromatic carbocycles. The molecule has 1 aliphatic rings. The Bertz CT molecular complexity index is 468. The number of halogens is 1. The Balaban J connectivity index is 2.38. The highest BCUT2D eigenvalue weighted by molar-refractivity contribution is 9.10. The zero-order valence-electron chi connectivity index (χ0n) is 12.9. The maximum absolute atomic E-state index is 5.75. The zero-order valence-corrected chi connectivity index (χ0v) is 14.5. The zero-order chi connectivity index (χ0) is 14.7. The van der Waals surface area contributed by atoms with Gasteiger partial charge < -0.3 is 10.1 Å². The lowest BCUT2D eigenvalue weighted by Crippen LogP contribution is -2.43. The third-order valence-corrected chi connectivity index (χ3v) is 4.87. The summed E-state index contributed by atoms with van der Waals surface area (Å²) in [5, 5.41) is 3.40. The van der Waals surface area contributed by atoms with Crippen LogP contribution in [-0.4, -0.2) is 38.2 Å². The van der Waals surface area contributed by atoms with Gasteiger partial charge in [-0.1, -0.05) is 29.8 Å². The van der Waals surface area contributed by atoms with Crippen molar-refractivity contribution < 1.29 is 4.74 Å². The molecule has 4 heteroatoms. The van der Waals surface area contributed by atoms with Gasteiger partial charge in [-0.2, -0.15) is 0 Å². The van der Waals surface area contributed by atoms with Crippen LogP contribution in [-0.2, 0) is 6.54 Å². The Hall–Kier alpha value is -0.580. The molecule has 112 valence electrons. The fourth-order valence-corrected chi connectivity index (χ4v) is 3.24. The van der Waals surface area contributed by atoms with E-state index in [1.165, 1.54) is 21.2 Å². The van der Waals surface area contributed by atoms with Gasteiger partial charge in [-0.05, 0) is 30.0 Å². The minimum atomic E-state index is 0.462. The quantitative estimate of drug-likeness (QED) is 0.910. The summed E-state index contributed by atoms with van der Waals surface area (Å²) in [5.74, 6) is 1.53. The van der Waals surface area contributed by atoms with Crippen LogP contribution in [0.2, 0.25) is 0 Å². The van der Waals surface area contributed by atoms with E-state index < -0.39 is 0 Å². The lowest BCUT2D eigenvalue weighted by atomic mass is 9.95. The molecule has 0 radical (unpaired) electrons.